The molecule has 2 bridgehead atoms. The molecule has 1 amide bonds. The molecule has 18 heavy (non-hydrogen) atoms. The van der Waals surface area contributed by atoms with Crippen molar-refractivity contribution in [2.45, 2.75) is 65.3 Å². The van der Waals surface area contributed by atoms with E-state index in [1.807, 2.05) is 0 Å². The standard InChI is InChI=1S/C15H26ClNO/c1-14(2)11-7-8-15(14,3)12(10-11)17-13(18)6-4-5-9-16/h11-12H,4-10H2,1-3H3,(H,17,18). The molecular formula is C15H26ClNO. The lowest BCUT2D eigenvalue weighted by Crippen LogP contribution is -2.46. The van der Waals surface area contributed by atoms with Gasteiger partial charge in [-0.25, -0.2) is 0 Å². The van der Waals surface area contributed by atoms with E-state index in [9.17, 15) is 4.79 Å². The van der Waals surface area contributed by atoms with Gasteiger partial charge in [-0.2, -0.15) is 0 Å². The second kappa shape index (κ2) is 5.03. The third kappa shape index (κ3) is 2.17. The summed E-state index contributed by atoms with van der Waals surface area (Å²) >= 11 is 5.63. The third-order valence-corrected chi connectivity index (χ3v) is 6.18. The van der Waals surface area contributed by atoms with E-state index in [4.69, 9.17) is 11.6 Å². The molecule has 104 valence electrons. The molecule has 3 heteroatoms. The van der Waals surface area contributed by atoms with E-state index >= 15 is 0 Å². The zero-order valence-corrected chi connectivity index (χ0v) is 12.6. The van der Waals surface area contributed by atoms with Crippen molar-refractivity contribution in [3.8, 4) is 0 Å². The van der Waals surface area contributed by atoms with E-state index in [0.29, 0.717) is 29.2 Å². The Morgan fingerprint density at radius 1 is 1.33 bits per heavy atom. The van der Waals surface area contributed by atoms with Gasteiger partial charge in [-0.05, 0) is 48.9 Å². The van der Waals surface area contributed by atoms with Gasteiger partial charge in [0.1, 0.15) is 0 Å². The normalized spacial score (nSPS) is 36.9. The van der Waals surface area contributed by atoms with Crippen LogP contribution in [0.4, 0.5) is 0 Å². The maximum absolute atomic E-state index is 11.9. The Balaban J connectivity index is 1.90. The van der Waals surface area contributed by atoms with Gasteiger partial charge < -0.3 is 5.32 Å². The SMILES string of the molecule is CC1(C)C2CCC1(C)C(NC(=O)CCCCCl)C2. The Morgan fingerprint density at radius 2 is 2.06 bits per heavy atom. The van der Waals surface area contributed by atoms with Gasteiger partial charge in [0, 0.05) is 18.3 Å². The van der Waals surface area contributed by atoms with Gasteiger partial charge in [0.2, 0.25) is 5.91 Å². The van der Waals surface area contributed by atoms with E-state index in [-0.39, 0.29) is 5.91 Å². The first-order valence-corrected chi connectivity index (χ1v) is 7.80. The monoisotopic (exact) mass is 271 g/mol. The van der Waals surface area contributed by atoms with Gasteiger partial charge in [-0.15, -0.1) is 11.6 Å². The van der Waals surface area contributed by atoms with Crippen molar-refractivity contribution in [3.63, 3.8) is 0 Å². The summed E-state index contributed by atoms with van der Waals surface area (Å²) in [6.45, 7) is 7.12. The Bertz CT molecular complexity index is 328. The van der Waals surface area contributed by atoms with Gasteiger partial charge in [-0.3, -0.25) is 4.79 Å². The molecule has 3 atom stereocenters. The quantitative estimate of drug-likeness (QED) is 0.599. The number of halogens is 1. The average Bonchev–Trinajstić information content (AvgIpc) is 2.62. The van der Waals surface area contributed by atoms with Crippen molar-refractivity contribution >= 4 is 17.5 Å². The summed E-state index contributed by atoms with van der Waals surface area (Å²) in [7, 11) is 0. The number of fused-ring (bicyclic) bond motifs is 2. The van der Waals surface area contributed by atoms with E-state index < -0.39 is 0 Å². The van der Waals surface area contributed by atoms with Crippen molar-refractivity contribution < 1.29 is 4.79 Å². The minimum Gasteiger partial charge on any atom is -0.353 e. The summed E-state index contributed by atoms with van der Waals surface area (Å²) in [6, 6.07) is 0.384. The van der Waals surface area contributed by atoms with Crippen LogP contribution in [-0.2, 0) is 4.79 Å². The highest BCUT2D eigenvalue weighted by Gasteiger charge is 2.61. The lowest BCUT2D eigenvalue weighted by molar-refractivity contribution is -0.122. The minimum absolute atomic E-state index is 0.217. The summed E-state index contributed by atoms with van der Waals surface area (Å²) in [5.41, 5.74) is 0.668. The van der Waals surface area contributed by atoms with Crippen molar-refractivity contribution in [2.75, 3.05) is 5.88 Å². The molecule has 2 fully saturated rings. The molecule has 0 aliphatic heterocycles. The van der Waals surface area contributed by atoms with Gasteiger partial charge in [0.25, 0.3) is 0 Å². The van der Waals surface area contributed by atoms with Crippen LogP contribution < -0.4 is 5.32 Å². The van der Waals surface area contributed by atoms with Crippen LogP contribution in [0, 0.1) is 16.7 Å². The first-order valence-electron chi connectivity index (χ1n) is 7.27. The predicted molar refractivity (Wildman–Crippen MR) is 75.7 cm³/mol. The lowest BCUT2D eigenvalue weighted by atomic mass is 9.69. The minimum atomic E-state index is 0.217. The van der Waals surface area contributed by atoms with E-state index in [1.165, 1.54) is 19.3 Å². The largest absolute Gasteiger partial charge is 0.353 e. The number of hydrogen-bond acceptors (Lipinski definition) is 1. The number of hydrogen-bond donors (Lipinski definition) is 1. The first kappa shape index (κ1) is 14.2. The van der Waals surface area contributed by atoms with Crippen LogP contribution in [0.1, 0.15) is 59.3 Å². The summed E-state index contributed by atoms with van der Waals surface area (Å²) in [4.78, 5) is 11.9. The number of unbranched alkanes of at least 4 members (excludes halogenated alkanes) is 1. The summed E-state index contributed by atoms with van der Waals surface area (Å²) in [5, 5.41) is 3.28. The first-order chi connectivity index (χ1) is 8.41. The molecule has 2 rings (SSSR count). The number of nitrogens with one attached hydrogen (secondary N) is 1. The Labute approximate surface area is 116 Å². The molecule has 0 radical (unpaired) electrons. The van der Waals surface area contributed by atoms with Crippen LogP contribution in [-0.4, -0.2) is 17.8 Å². The smallest absolute Gasteiger partial charge is 0.220 e. The number of carbonyl (C=O) groups excluding carboxylic acids is 1. The van der Waals surface area contributed by atoms with E-state index in [1.54, 1.807) is 0 Å². The molecule has 1 N–H and O–H groups in total. The second-order valence-electron chi connectivity index (χ2n) is 6.88. The zero-order chi connectivity index (χ0) is 13.4. The average molecular weight is 272 g/mol. The van der Waals surface area contributed by atoms with Crippen LogP contribution in [0.5, 0.6) is 0 Å². The summed E-state index contributed by atoms with van der Waals surface area (Å²) < 4.78 is 0. The fourth-order valence-corrected chi connectivity index (χ4v) is 4.26. The second-order valence-corrected chi connectivity index (χ2v) is 7.25. The topological polar surface area (TPSA) is 29.1 Å². The Hall–Kier alpha value is -0.240. The van der Waals surface area contributed by atoms with Gasteiger partial charge >= 0.3 is 0 Å². The van der Waals surface area contributed by atoms with Crippen LogP contribution in [0.3, 0.4) is 0 Å². The van der Waals surface area contributed by atoms with Crippen molar-refractivity contribution in [1.29, 1.82) is 0 Å². The maximum atomic E-state index is 11.9. The molecule has 3 unspecified atom stereocenters. The van der Waals surface area contributed by atoms with Crippen LogP contribution in [0.15, 0.2) is 0 Å². The highest BCUT2D eigenvalue weighted by Crippen LogP contribution is 2.65. The summed E-state index contributed by atoms with van der Waals surface area (Å²) in [6.07, 6.45) is 6.24. The summed E-state index contributed by atoms with van der Waals surface area (Å²) in [5.74, 6) is 1.66. The molecule has 2 nitrogen and oxygen atoms in total. The molecule has 0 aromatic carbocycles. The molecule has 0 heterocycles. The van der Waals surface area contributed by atoms with Gasteiger partial charge in [0.05, 0.1) is 0 Å². The Kier molecular flexibility index (Phi) is 3.96. The van der Waals surface area contributed by atoms with Gasteiger partial charge in [-0.1, -0.05) is 20.8 Å². The van der Waals surface area contributed by atoms with Crippen LogP contribution >= 0.6 is 11.6 Å². The molecular weight excluding hydrogens is 246 g/mol. The van der Waals surface area contributed by atoms with Crippen LogP contribution in [0.25, 0.3) is 0 Å². The van der Waals surface area contributed by atoms with Crippen molar-refractivity contribution in [2.24, 2.45) is 16.7 Å². The van der Waals surface area contributed by atoms with Crippen molar-refractivity contribution in [1.82, 2.24) is 5.32 Å². The molecule has 2 saturated carbocycles. The molecule has 2 aliphatic carbocycles. The third-order valence-electron chi connectivity index (χ3n) is 5.92. The molecule has 2 aliphatic rings. The highest BCUT2D eigenvalue weighted by molar-refractivity contribution is 6.17. The number of amides is 1. The molecule has 0 aromatic rings. The Morgan fingerprint density at radius 3 is 2.56 bits per heavy atom. The zero-order valence-electron chi connectivity index (χ0n) is 11.9. The molecule has 0 spiro atoms. The van der Waals surface area contributed by atoms with Gasteiger partial charge in [0.15, 0.2) is 0 Å². The number of rotatable bonds is 5. The molecule has 0 saturated heterocycles. The predicted octanol–water partition coefficient (Wildman–Crippen LogP) is 3.73. The van der Waals surface area contributed by atoms with E-state index in [0.717, 1.165) is 18.8 Å². The maximum Gasteiger partial charge on any atom is 0.220 e. The van der Waals surface area contributed by atoms with Crippen molar-refractivity contribution in [3.05, 3.63) is 0 Å². The van der Waals surface area contributed by atoms with Crippen LogP contribution in [0.2, 0.25) is 0 Å². The van der Waals surface area contributed by atoms with E-state index in [2.05, 4.69) is 26.1 Å². The molecule has 0 aromatic heterocycles. The number of alkyl halides is 1. The fraction of sp³-hybridized carbons (Fsp3) is 0.933. The number of carbonyl (C=O) groups is 1. The lowest BCUT2D eigenvalue weighted by Gasteiger charge is -2.39. The highest BCUT2D eigenvalue weighted by atomic mass is 35.5. The fourth-order valence-electron chi connectivity index (χ4n) is 4.07.